The molecule has 1 N–H and O–H groups in total. The zero-order valence-electron chi connectivity index (χ0n) is 23.1. The average Bonchev–Trinajstić information content (AvgIpc) is 2.93. The number of hydrogen-bond donors (Lipinski definition) is 1. The van der Waals surface area contributed by atoms with E-state index in [1.54, 1.807) is 54.6 Å². The molecule has 3 aromatic carbocycles. The predicted octanol–water partition coefficient (Wildman–Crippen LogP) is 6.22. The molecule has 0 bridgehead atoms. The highest BCUT2D eigenvalue weighted by Gasteiger charge is 2.34. The lowest BCUT2D eigenvalue weighted by molar-refractivity contribution is -0.140. The van der Waals surface area contributed by atoms with Gasteiger partial charge >= 0.3 is 0 Å². The third kappa shape index (κ3) is 7.77. The number of amides is 2. The molecule has 0 heterocycles. The Labute approximate surface area is 247 Å². The minimum absolute atomic E-state index is 0.0369. The van der Waals surface area contributed by atoms with E-state index in [1.165, 1.54) is 17.0 Å². The lowest BCUT2D eigenvalue weighted by atomic mass is 10.1. The molecule has 7 nitrogen and oxygen atoms in total. The molecule has 0 spiro atoms. The highest BCUT2D eigenvalue weighted by molar-refractivity contribution is 7.92. The first-order valence-electron chi connectivity index (χ1n) is 13.2. The van der Waals surface area contributed by atoms with E-state index in [2.05, 4.69) is 5.32 Å². The monoisotopic (exact) mass is 603 g/mol. The van der Waals surface area contributed by atoms with Crippen molar-refractivity contribution in [1.82, 2.24) is 10.2 Å². The van der Waals surface area contributed by atoms with Gasteiger partial charge in [0.1, 0.15) is 12.6 Å². The topological polar surface area (TPSA) is 86.8 Å². The molecule has 214 valence electrons. The van der Waals surface area contributed by atoms with Gasteiger partial charge in [-0.05, 0) is 74.2 Å². The highest BCUT2D eigenvalue weighted by Crippen LogP contribution is 2.27. The smallest absolute Gasteiger partial charge is 0.264 e. The maximum atomic E-state index is 14.1. The molecule has 0 radical (unpaired) electrons. The molecule has 0 saturated heterocycles. The average molecular weight is 605 g/mol. The number of benzene rings is 3. The summed E-state index contributed by atoms with van der Waals surface area (Å²) in [5, 5.41) is 3.64. The Kier molecular flexibility index (Phi) is 11.0. The van der Waals surface area contributed by atoms with Gasteiger partial charge in [0.25, 0.3) is 10.0 Å². The number of sulfonamides is 1. The minimum Gasteiger partial charge on any atom is -0.352 e. The van der Waals surface area contributed by atoms with Crippen LogP contribution in [-0.4, -0.2) is 43.8 Å². The molecular weight excluding hydrogens is 569 g/mol. The summed E-state index contributed by atoms with van der Waals surface area (Å²) in [6.07, 6.45) is 1.05. The Morgan fingerprint density at radius 1 is 0.900 bits per heavy atom. The molecule has 3 rings (SSSR count). The van der Waals surface area contributed by atoms with Crippen LogP contribution in [0.2, 0.25) is 10.0 Å². The van der Waals surface area contributed by atoms with Crippen LogP contribution < -0.4 is 9.62 Å². The van der Waals surface area contributed by atoms with Crippen molar-refractivity contribution in [1.29, 1.82) is 0 Å². The summed E-state index contributed by atoms with van der Waals surface area (Å²) in [5.74, 6) is -0.837. The molecule has 0 unspecified atom stereocenters. The van der Waals surface area contributed by atoms with E-state index >= 15 is 0 Å². The number of halogens is 2. The molecule has 10 heteroatoms. The largest absolute Gasteiger partial charge is 0.352 e. The molecular formula is C30H35Cl2N3O4S. The summed E-state index contributed by atoms with van der Waals surface area (Å²) in [6, 6.07) is 19.0. The zero-order chi connectivity index (χ0) is 29.4. The van der Waals surface area contributed by atoms with Crippen LogP contribution in [0.4, 0.5) is 5.69 Å². The summed E-state index contributed by atoms with van der Waals surface area (Å²) in [6.45, 7) is 7.04. The number of nitrogens with zero attached hydrogens (tertiary/aromatic N) is 2. The second kappa shape index (κ2) is 14.0. The predicted molar refractivity (Wildman–Crippen MR) is 161 cm³/mol. The number of aryl methyl sites for hydroxylation is 1. The molecule has 0 aromatic heterocycles. The van der Waals surface area contributed by atoms with Gasteiger partial charge in [-0.3, -0.25) is 13.9 Å². The molecule has 2 atom stereocenters. The minimum atomic E-state index is -4.11. The van der Waals surface area contributed by atoms with Crippen molar-refractivity contribution < 1.29 is 18.0 Å². The first-order valence-corrected chi connectivity index (χ1v) is 15.4. The highest BCUT2D eigenvalue weighted by atomic mass is 35.5. The van der Waals surface area contributed by atoms with Crippen LogP contribution in [-0.2, 0) is 26.2 Å². The lowest BCUT2D eigenvalue weighted by Crippen LogP contribution is -2.53. The molecule has 3 aromatic rings. The standard InChI is InChI=1S/C30H35Cl2N3O4S/c1-5-22(4)33-30(37)28(6-2)34(19-23-15-16-26(31)27(32)18-23)29(36)20-35(24-12-10-11-21(3)17-24)40(38,39)25-13-8-7-9-14-25/h7-18,22,28H,5-6,19-20H2,1-4H3,(H,33,37)/t22-,28+/m1/s1. The normalized spacial score (nSPS) is 12.8. The van der Waals surface area contributed by atoms with E-state index in [0.29, 0.717) is 27.7 Å². The van der Waals surface area contributed by atoms with Crippen LogP contribution in [0.3, 0.4) is 0 Å². The van der Waals surface area contributed by atoms with Gasteiger partial charge in [-0.2, -0.15) is 0 Å². The maximum Gasteiger partial charge on any atom is 0.264 e. The summed E-state index contributed by atoms with van der Waals surface area (Å²) >= 11 is 12.3. The van der Waals surface area contributed by atoms with Crippen molar-refractivity contribution in [3.05, 3.63) is 94.0 Å². The Balaban J connectivity index is 2.07. The van der Waals surface area contributed by atoms with Crippen molar-refractivity contribution in [3.63, 3.8) is 0 Å². The van der Waals surface area contributed by atoms with E-state index in [1.807, 2.05) is 33.8 Å². The number of carbonyl (C=O) groups is 2. The first kappa shape index (κ1) is 31.5. The van der Waals surface area contributed by atoms with Crippen molar-refractivity contribution in [2.45, 2.75) is 64.1 Å². The second-order valence-corrected chi connectivity index (χ2v) is 12.4. The third-order valence-corrected chi connectivity index (χ3v) is 9.15. The van der Waals surface area contributed by atoms with Crippen LogP contribution in [0, 0.1) is 6.92 Å². The van der Waals surface area contributed by atoms with Crippen molar-refractivity contribution in [2.24, 2.45) is 0 Å². The van der Waals surface area contributed by atoms with E-state index in [0.717, 1.165) is 16.3 Å². The molecule has 0 fully saturated rings. The van der Waals surface area contributed by atoms with Gasteiger partial charge in [-0.1, -0.05) is 73.4 Å². The maximum absolute atomic E-state index is 14.1. The van der Waals surface area contributed by atoms with Crippen LogP contribution in [0.5, 0.6) is 0 Å². The molecule has 0 aliphatic carbocycles. The second-order valence-electron chi connectivity index (χ2n) is 9.68. The van der Waals surface area contributed by atoms with Crippen LogP contribution >= 0.6 is 23.2 Å². The van der Waals surface area contributed by atoms with Gasteiger partial charge in [-0.15, -0.1) is 0 Å². The molecule has 0 aliphatic rings. The number of hydrogen-bond acceptors (Lipinski definition) is 4. The van der Waals surface area contributed by atoms with Crippen LogP contribution in [0.15, 0.2) is 77.7 Å². The number of nitrogens with one attached hydrogen (secondary N) is 1. The SMILES string of the molecule is CC[C@@H](C)NC(=O)[C@H](CC)N(Cc1ccc(Cl)c(Cl)c1)C(=O)CN(c1cccc(C)c1)S(=O)(=O)c1ccccc1. The number of carbonyl (C=O) groups excluding carboxylic acids is 2. The van der Waals surface area contributed by atoms with Crippen molar-refractivity contribution in [2.75, 3.05) is 10.8 Å². The molecule has 0 saturated carbocycles. The Morgan fingerprint density at radius 2 is 1.60 bits per heavy atom. The lowest BCUT2D eigenvalue weighted by Gasteiger charge is -2.34. The summed E-state index contributed by atoms with van der Waals surface area (Å²) in [5.41, 5.74) is 1.85. The first-order chi connectivity index (χ1) is 19.0. The quantitative estimate of drug-likeness (QED) is 0.266. The summed E-state index contributed by atoms with van der Waals surface area (Å²) in [4.78, 5) is 28.9. The fourth-order valence-electron chi connectivity index (χ4n) is 4.23. The Hall–Kier alpha value is -3.07. The van der Waals surface area contributed by atoms with Gasteiger partial charge < -0.3 is 10.2 Å². The fourth-order valence-corrected chi connectivity index (χ4v) is 5.97. The van der Waals surface area contributed by atoms with E-state index in [9.17, 15) is 18.0 Å². The number of anilines is 1. The van der Waals surface area contributed by atoms with Crippen LogP contribution in [0.1, 0.15) is 44.7 Å². The van der Waals surface area contributed by atoms with Gasteiger partial charge in [0.2, 0.25) is 11.8 Å². The van der Waals surface area contributed by atoms with Gasteiger partial charge in [-0.25, -0.2) is 8.42 Å². The van der Waals surface area contributed by atoms with Gasteiger partial charge in [0.15, 0.2) is 0 Å². The van der Waals surface area contributed by atoms with Crippen molar-refractivity contribution in [3.8, 4) is 0 Å². The van der Waals surface area contributed by atoms with E-state index in [4.69, 9.17) is 23.2 Å². The summed E-state index contributed by atoms with van der Waals surface area (Å²) in [7, 11) is -4.11. The van der Waals surface area contributed by atoms with Gasteiger partial charge in [0, 0.05) is 12.6 Å². The zero-order valence-corrected chi connectivity index (χ0v) is 25.4. The molecule has 40 heavy (non-hydrogen) atoms. The summed E-state index contributed by atoms with van der Waals surface area (Å²) < 4.78 is 28.8. The third-order valence-electron chi connectivity index (χ3n) is 6.62. The fraction of sp³-hybridized carbons (Fsp3) is 0.333. The molecule has 2 amide bonds. The van der Waals surface area contributed by atoms with Crippen LogP contribution in [0.25, 0.3) is 0 Å². The van der Waals surface area contributed by atoms with E-state index in [-0.39, 0.29) is 23.4 Å². The van der Waals surface area contributed by atoms with Crippen molar-refractivity contribution >= 4 is 50.7 Å². The molecule has 0 aliphatic heterocycles. The number of rotatable bonds is 12. The van der Waals surface area contributed by atoms with E-state index < -0.39 is 28.5 Å². The van der Waals surface area contributed by atoms with Gasteiger partial charge in [0.05, 0.1) is 20.6 Å². The Morgan fingerprint density at radius 3 is 2.20 bits per heavy atom. The Bertz CT molecular complexity index is 1430.